The van der Waals surface area contributed by atoms with Crippen LogP contribution in [0.25, 0.3) is 0 Å². The van der Waals surface area contributed by atoms with Gasteiger partial charge in [0.05, 0.1) is 18.5 Å². The molecule has 0 aliphatic carbocycles. The lowest BCUT2D eigenvalue weighted by molar-refractivity contribution is 0.0601. The zero-order valence-corrected chi connectivity index (χ0v) is 7.83. The van der Waals surface area contributed by atoms with Gasteiger partial charge in [-0.05, 0) is 0 Å². The van der Waals surface area contributed by atoms with E-state index in [1.165, 1.54) is 0 Å². The fourth-order valence-corrected chi connectivity index (χ4v) is 1.00. The molecule has 0 aliphatic heterocycles. The minimum atomic E-state index is -2.83. The molecule has 0 atom stereocenters. The van der Waals surface area contributed by atoms with Crippen LogP contribution in [-0.2, 0) is 4.74 Å². The Morgan fingerprint density at radius 3 is 2.53 bits per heavy atom. The molecule has 0 saturated carbocycles. The summed E-state index contributed by atoms with van der Waals surface area (Å²) in [5.41, 5.74) is 9.30. The van der Waals surface area contributed by atoms with Gasteiger partial charge in [0, 0.05) is 6.20 Å². The summed E-state index contributed by atoms with van der Waals surface area (Å²) in [4.78, 5) is 14.4. The average Bonchev–Trinajstić information content (AvgIpc) is 2.20. The van der Waals surface area contributed by atoms with Crippen molar-refractivity contribution >= 4 is 17.3 Å². The molecule has 1 heterocycles. The van der Waals surface area contributed by atoms with Gasteiger partial charge in [-0.1, -0.05) is 0 Å². The highest BCUT2D eigenvalue weighted by Crippen LogP contribution is 2.29. The molecule has 1 aromatic rings. The van der Waals surface area contributed by atoms with Crippen LogP contribution in [-0.4, -0.2) is 18.1 Å². The topological polar surface area (TPSA) is 91.2 Å². The number of nitrogen functional groups attached to an aromatic ring is 2. The van der Waals surface area contributed by atoms with E-state index in [4.69, 9.17) is 11.5 Å². The molecule has 1 aromatic heterocycles. The molecule has 4 N–H and O–H groups in total. The Morgan fingerprint density at radius 1 is 1.47 bits per heavy atom. The van der Waals surface area contributed by atoms with Crippen molar-refractivity contribution in [3.05, 3.63) is 17.5 Å². The molecule has 0 aromatic carbocycles. The number of carbonyl (C=O) groups is 1. The maximum atomic E-state index is 12.3. The monoisotopic (exact) mass is 217 g/mol. The molecule has 0 fully saturated rings. The van der Waals surface area contributed by atoms with Gasteiger partial charge in [-0.15, -0.1) is 0 Å². The molecule has 0 amide bonds. The van der Waals surface area contributed by atoms with E-state index in [0.717, 1.165) is 13.3 Å². The molecule has 15 heavy (non-hydrogen) atoms. The Kier molecular flexibility index (Phi) is 3.03. The smallest absolute Gasteiger partial charge is 0.341 e. The average molecular weight is 217 g/mol. The molecule has 7 heteroatoms. The number of hydrogen-bond donors (Lipinski definition) is 2. The molecule has 82 valence electrons. The van der Waals surface area contributed by atoms with Crippen LogP contribution in [0, 0.1) is 0 Å². The van der Waals surface area contributed by atoms with Crippen molar-refractivity contribution in [1.29, 1.82) is 0 Å². The molecule has 5 nitrogen and oxygen atoms in total. The van der Waals surface area contributed by atoms with Gasteiger partial charge in [0.25, 0.3) is 6.43 Å². The molecular formula is C8H9F2N3O2. The summed E-state index contributed by atoms with van der Waals surface area (Å²) in [6.45, 7) is 0. The van der Waals surface area contributed by atoms with Gasteiger partial charge in [0.2, 0.25) is 0 Å². The lowest BCUT2D eigenvalue weighted by Crippen LogP contribution is -2.11. The van der Waals surface area contributed by atoms with Crippen LogP contribution < -0.4 is 11.5 Å². The third-order valence-corrected chi connectivity index (χ3v) is 1.80. The van der Waals surface area contributed by atoms with Crippen LogP contribution in [0.3, 0.4) is 0 Å². The van der Waals surface area contributed by atoms with E-state index in [2.05, 4.69) is 9.72 Å². The summed E-state index contributed by atoms with van der Waals surface area (Å²) < 4.78 is 29.0. The predicted molar refractivity (Wildman–Crippen MR) is 49.4 cm³/mol. The maximum Gasteiger partial charge on any atom is 0.341 e. The minimum absolute atomic E-state index is 0.126. The van der Waals surface area contributed by atoms with Crippen LogP contribution in [0.15, 0.2) is 6.20 Å². The Bertz CT molecular complexity index is 396. The van der Waals surface area contributed by atoms with Gasteiger partial charge in [-0.3, -0.25) is 4.98 Å². The second kappa shape index (κ2) is 4.07. The molecular weight excluding hydrogens is 208 g/mol. The molecule has 1 rings (SSSR count). The third-order valence-electron chi connectivity index (χ3n) is 1.80. The number of alkyl halides is 2. The van der Waals surface area contributed by atoms with Crippen molar-refractivity contribution in [3.8, 4) is 0 Å². The van der Waals surface area contributed by atoms with Crippen LogP contribution in [0.1, 0.15) is 22.5 Å². The summed E-state index contributed by atoms with van der Waals surface area (Å²) in [5, 5.41) is 0. The Hall–Kier alpha value is -1.92. The predicted octanol–water partition coefficient (Wildman–Crippen LogP) is 0.970. The van der Waals surface area contributed by atoms with Crippen molar-refractivity contribution in [1.82, 2.24) is 4.98 Å². The number of carbonyl (C=O) groups excluding carboxylic acids is 1. The maximum absolute atomic E-state index is 12.3. The number of methoxy groups -OCH3 is 1. The van der Waals surface area contributed by atoms with Crippen molar-refractivity contribution in [3.63, 3.8) is 0 Å². The van der Waals surface area contributed by atoms with Crippen LogP contribution in [0.5, 0.6) is 0 Å². The third kappa shape index (κ3) is 1.95. The number of nitrogens with zero attached hydrogens (tertiary/aromatic N) is 1. The SMILES string of the molecule is COC(=O)c1cnc(C(F)F)c(N)c1N. The highest BCUT2D eigenvalue weighted by atomic mass is 19.3. The summed E-state index contributed by atoms with van der Waals surface area (Å²) in [6.07, 6.45) is -1.92. The fraction of sp³-hybridized carbons (Fsp3) is 0.250. The minimum Gasteiger partial charge on any atom is -0.465 e. The first-order valence-corrected chi connectivity index (χ1v) is 3.89. The summed E-state index contributed by atoms with van der Waals surface area (Å²) in [7, 11) is 1.14. The number of pyridine rings is 1. The Balaban J connectivity index is 3.27. The van der Waals surface area contributed by atoms with Gasteiger partial charge >= 0.3 is 5.97 Å². The van der Waals surface area contributed by atoms with Crippen molar-refractivity contribution in [2.75, 3.05) is 18.6 Å². The summed E-state index contributed by atoms with van der Waals surface area (Å²) >= 11 is 0. The fourth-order valence-electron chi connectivity index (χ4n) is 1.00. The van der Waals surface area contributed by atoms with E-state index in [1.807, 2.05) is 0 Å². The molecule has 0 radical (unpaired) electrons. The van der Waals surface area contributed by atoms with Gasteiger partial charge in [0.15, 0.2) is 0 Å². The van der Waals surface area contributed by atoms with Gasteiger partial charge in [-0.2, -0.15) is 0 Å². The van der Waals surface area contributed by atoms with E-state index < -0.39 is 23.8 Å². The van der Waals surface area contributed by atoms with E-state index in [1.54, 1.807) is 0 Å². The number of anilines is 2. The molecule has 0 saturated heterocycles. The zero-order valence-electron chi connectivity index (χ0n) is 7.83. The number of rotatable bonds is 2. The first-order valence-electron chi connectivity index (χ1n) is 3.89. The standard InChI is InChI=1S/C8H9F2N3O2/c1-15-8(14)3-2-13-6(7(9)10)5(12)4(3)11/h2,7H,12H2,1H3,(H2,11,13). The number of halogens is 2. The second-order valence-electron chi connectivity index (χ2n) is 2.68. The van der Waals surface area contributed by atoms with E-state index in [0.29, 0.717) is 0 Å². The number of aromatic nitrogens is 1. The van der Waals surface area contributed by atoms with Crippen molar-refractivity contribution < 1.29 is 18.3 Å². The molecule has 0 unspecified atom stereocenters. The second-order valence-corrected chi connectivity index (χ2v) is 2.68. The normalized spacial score (nSPS) is 10.4. The summed E-state index contributed by atoms with van der Waals surface area (Å²) in [5.74, 6) is -0.771. The van der Waals surface area contributed by atoms with E-state index in [-0.39, 0.29) is 11.3 Å². The van der Waals surface area contributed by atoms with E-state index in [9.17, 15) is 13.6 Å². The van der Waals surface area contributed by atoms with Gasteiger partial charge in [-0.25, -0.2) is 13.6 Å². The lowest BCUT2D eigenvalue weighted by Gasteiger charge is -2.09. The van der Waals surface area contributed by atoms with Crippen LogP contribution in [0.4, 0.5) is 20.2 Å². The van der Waals surface area contributed by atoms with Crippen LogP contribution in [0.2, 0.25) is 0 Å². The summed E-state index contributed by atoms with van der Waals surface area (Å²) in [6, 6.07) is 0. The largest absolute Gasteiger partial charge is 0.465 e. The van der Waals surface area contributed by atoms with Gasteiger partial charge in [0.1, 0.15) is 11.3 Å². The number of hydrogen-bond acceptors (Lipinski definition) is 5. The van der Waals surface area contributed by atoms with Gasteiger partial charge < -0.3 is 16.2 Å². The quantitative estimate of drug-likeness (QED) is 0.720. The highest BCUT2D eigenvalue weighted by molar-refractivity contribution is 5.97. The number of ether oxygens (including phenoxy) is 1. The highest BCUT2D eigenvalue weighted by Gasteiger charge is 2.20. The van der Waals surface area contributed by atoms with E-state index >= 15 is 0 Å². The Labute approximate surface area is 84.0 Å². The van der Waals surface area contributed by atoms with Crippen molar-refractivity contribution in [2.24, 2.45) is 0 Å². The zero-order chi connectivity index (χ0) is 11.6. The first kappa shape index (κ1) is 11.2. The molecule has 0 aliphatic rings. The van der Waals surface area contributed by atoms with Crippen LogP contribution >= 0.6 is 0 Å². The van der Waals surface area contributed by atoms with Crippen molar-refractivity contribution in [2.45, 2.75) is 6.43 Å². The molecule has 0 bridgehead atoms. The lowest BCUT2D eigenvalue weighted by atomic mass is 10.2. The first-order chi connectivity index (χ1) is 6.99. The number of esters is 1. The molecule has 0 spiro atoms. The Morgan fingerprint density at radius 2 is 2.07 bits per heavy atom. The number of nitrogens with two attached hydrogens (primary N) is 2.